The normalized spacial score (nSPS) is 14.1. The molecule has 0 radical (unpaired) electrons. The van der Waals surface area contributed by atoms with Gasteiger partial charge in [-0.3, -0.25) is 9.59 Å². The molecule has 1 aromatic heterocycles. The molecular formula is C22H22ClN3O2. The summed E-state index contributed by atoms with van der Waals surface area (Å²) in [5.74, 6) is -0.109. The van der Waals surface area contributed by atoms with E-state index in [4.69, 9.17) is 11.6 Å². The third-order valence-electron chi connectivity index (χ3n) is 5.26. The van der Waals surface area contributed by atoms with Gasteiger partial charge in [0.2, 0.25) is 11.8 Å². The lowest BCUT2D eigenvalue weighted by Crippen LogP contribution is -2.37. The Morgan fingerprint density at radius 1 is 1.25 bits per heavy atom. The van der Waals surface area contributed by atoms with E-state index in [0.29, 0.717) is 24.5 Å². The number of benzene rings is 2. The number of H-pyrrole nitrogens is 1. The van der Waals surface area contributed by atoms with E-state index in [-0.39, 0.29) is 18.4 Å². The van der Waals surface area contributed by atoms with Crippen molar-refractivity contribution < 1.29 is 9.59 Å². The van der Waals surface area contributed by atoms with Crippen LogP contribution < -0.4 is 5.32 Å². The molecule has 0 atom stereocenters. The predicted molar refractivity (Wildman–Crippen MR) is 111 cm³/mol. The predicted octanol–water partition coefficient (Wildman–Crippen LogP) is 4.04. The number of rotatable bonds is 5. The highest BCUT2D eigenvalue weighted by atomic mass is 35.5. The molecular weight excluding hydrogens is 374 g/mol. The number of fused-ring (bicyclic) bond motifs is 1. The molecule has 2 aromatic carbocycles. The number of aryl methyl sites for hydroxylation is 1. The van der Waals surface area contributed by atoms with Crippen LogP contribution in [-0.2, 0) is 16.1 Å². The van der Waals surface area contributed by atoms with Gasteiger partial charge in [-0.05, 0) is 42.2 Å². The van der Waals surface area contributed by atoms with Crippen molar-refractivity contribution in [2.45, 2.75) is 26.3 Å². The Hall–Kier alpha value is -2.79. The number of carbonyl (C=O) groups excluding carboxylic acids is 2. The number of hydrogen-bond acceptors (Lipinski definition) is 2. The van der Waals surface area contributed by atoms with Crippen molar-refractivity contribution in [3.05, 3.63) is 58.6 Å². The van der Waals surface area contributed by atoms with Crippen LogP contribution in [0.3, 0.4) is 0 Å². The van der Waals surface area contributed by atoms with Crippen molar-refractivity contribution in [3.8, 4) is 11.3 Å². The van der Waals surface area contributed by atoms with E-state index in [2.05, 4.69) is 29.4 Å². The summed E-state index contributed by atoms with van der Waals surface area (Å²) < 4.78 is 0. The minimum atomic E-state index is -0.157. The molecule has 1 saturated heterocycles. The number of hydrogen-bond donors (Lipinski definition) is 2. The summed E-state index contributed by atoms with van der Waals surface area (Å²) in [5.41, 5.74) is 5.18. The van der Waals surface area contributed by atoms with E-state index in [1.54, 1.807) is 4.90 Å². The monoisotopic (exact) mass is 395 g/mol. The van der Waals surface area contributed by atoms with E-state index in [0.717, 1.165) is 39.7 Å². The molecule has 1 aliphatic heterocycles. The summed E-state index contributed by atoms with van der Waals surface area (Å²) in [5, 5.41) is 4.60. The van der Waals surface area contributed by atoms with Crippen LogP contribution in [0.25, 0.3) is 22.2 Å². The first-order chi connectivity index (χ1) is 13.5. The second kappa shape index (κ2) is 7.68. The third-order valence-corrected chi connectivity index (χ3v) is 5.48. The van der Waals surface area contributed by atoms with Crippen LogP contribution in [0, 0.1) is 6.92 Å². The lowest BCUT2D eigenvalue weighted by molar-refractivity contribution is -0.133. The quantitative estimate of drug-likeness (QED) is 0.684. The van der Waals surface area contributed by atoms with Crippen LogP contribution in [0.15, 0.2) is 42.5 Å². The molecule has 3 aromatic rings. The van der Waals surface area contributed by atoms with Crippen molar-refractivity contribution in [1.82, 2.24) is 15.2 Å². The Bertz CT molecular complexity index is 1040. The number of nitrogens with one attached hydrogen (secondary N) is 2. The van der Waals surface area contributed by atoms with Gasteiger partial charge in [-0.25, -0.2) is 0 Å². The van der Waals surface area contributed by atoms with Crippen LogP contribution in [0.1, 0.15) is 24.0 Å². The van der Waals surface area contributed by atoms with Crippen LogP contribution >= 0.6 is 11.6 Å². The highest BCUT2D eigenvalue weighted by molar-refractivity contribution is 6.31. The number of aromatic nitrogens is 1. The fourth-order valence-electron chi connectivity index (χ4n) is 3.79. The molecule has 2 N–H and O–H groups in total. The van der Waals surface area contributed by atoms with Gasteiger partial charge in [-0.1, -0.05) is 41.9 Å². The first-order valence-electron chi connectivity index (χ1n) is 9.43. The Labute approximate surface area is 168 Å². The average molecular weight is 396 g/mol. The largest absolute Gasteiger partial charge is 0.354 e. The van der Waals surface area contributed by atoms with Gasteiger partial charge >= 0.3 is 0 Å². The molecule has 5 nitrogen and oxygen atoms in total. The maximum atomic E-state index is 12.3. The van der Waals surface area contributed by atoms with Crippen molar-refractivity contribution in [1.29, 1.82) is 0 Å². The molecule has 2 heterocycles. The lowest BCUT2D eigenvalue weighted by Gasteiger charge is -2.15. The number of likely N-dealkylation sites (tertiary alicyclic amines) is 1. The number of amides is 2. The first kappa shape index (κ1) is 18.6. The van der Waals surface area contributed by atoms with Gasteiger partial charge in [0, 0.05) is 35.6 Å². The molecule has 4 rings (SSSR count). The molecule has 28 heavy (non-hydrogen) atoms. The molecule has 144 valence electrons. The van der Waals surface area contributed by atoms with E-state index in [1.165, 1.54) is 0 Å². The molecule has 1 aliphatic rings. The van der Waals surface area contributed by atoms with E-state index < -0.39 is 0 Å². The molecule has 0 aliphatic carbocycles. The third kappa shape index (κ3) is 3.62. The maximum absolute atomic E-state index is 12.3. The zero-order chi connectivity index (χ0) is 19.7. The van der Waals surface area contributed by atoms with Crippen molar-refractivity contribution >= 4 is 34.3 Å². The SMILES string of the molecule is Cc1c(-c2ccccc2)[nH]c2c(CNC(=O)CN3CCCC3=O)cc(Cl)cc12. The van der Waals surface area contributed by atoms with Gasteiger partial charge in [0.25, 0.3) is 0 Å². The van der Waals surface area contributed by atoms with E-state index in [1.807, 2.05) is 30.3 Å². The molecule has 2 amide bonds. The van der Waals surface area contributed by atoms with Gasteiger partial charge < -0.3 is 15.2 Å². The summed E-state index contributed by atoms with van der Waals surface area (Å²) >= 11 is 6.34. The molecule has 0 bridgehead atoms. The van der Waals surface area contributed by atoms with Crippen LogP contribution in [0.2, 0.25) is 5.02 Å². The van der Waals surface area contributed by atoms with Crippen molar-refractivity contribution in [2.75, 3.05) is 13.1 Å². The van der Waals surface area contributed by atoms with E-state index in [9.17, 15) is 9.59 Å². The summed E-state index contributed by atoms with van der Waals surface area (Å²) in [6, 6.07) is 14.0. The molecule has 6 heteroatoms. The Morgan fingerprint density at radius 2 is 2.04 bits per heavy atom. The minimum absolute atomic E-state index is 0.0489. The fraction of sp³-hybridized carbons (Fsp3) is 0.273. The average Bonchev–Trinajstić information content (AvgIpc) is 3.24. The number of nitrogens with zero attached hydrogens (tertiary/aromatic N) is 1. The zero-order valence-electron chi connectivity index (χ0n) is 15.7. The topological polar surface area (TPSA) is 65.2 Å². The molecule has 0 saturated carbocycles. The fourth-order valence-corrected chi connectivity index (χ4v) is 4.03. The van der Waals surface area contributed by atoms with Crippen LogP contribution in [0.5, 0.6) is 0 Å². The van der Waals surface area contributed by atoms with Gasteiger partial charge in [-0.2, -0.15) is 0 Å². The molecule has 0 spiro atoms. The maximum Gasteiger partial charge on any atom is 0.239 e. The molecule has 1 fully saturated rings. The highest BCUT2D eigenvalue weighted by Gasteiger charge is 2.22. The highest BCUT2D eigenvalue weighted by Crippen LogP contribution is 2.33. The minimum Gasteiger partial charge on any atom is -0.354 e. The Morgan fingerprint density at radius 3 is 2.75 bits per heavy atom. The van der Waals surface area contributed by atoms with Gasteiger partial charge in [0.1, 0.15) is 0 Å². The molecule has 0 unspecified atom stereocenters. The second-order valence-corrected chi connectivity index (χ2v) is 7.61. The summed E-state index contributed by atoms with van der Waals surface area (Å²) in [6.07, 6.45) is 1.36. The summed E-state index contributed by atoms with van der Waals surface area (Å²) in [6.45, 7) is 3.19. The summed E-state index contributed by atoms with van der Waals surface area (Å²) in [4.78, 5) is 29.1. The number of aromatic amines is 1. The standard InChI is InChI=1S/C22H22ClN3O2/c1-14-18-11-17(23)10-16(12-24-19(27)13-26-9-5-8-20(26)28)22(18)25-21(14)15-6-3-2-4-7-15/h2-4,6-7,10-11,25H,5,8-9,12-13H2,1H3,(H,24,27). The zero-order valence-corrected chi connectivity index (χ0v) is 16.5. The number of halogens is 1. The Kier molecular flexibility index (Phi) is 5.09. The van der Waals surface area contributed by atoms with Crippen LogP contribution in [0.4, 0.5) is 0 Å². The Balaban J connectivity index is 1.58. The number of carbonyl (C=O) groups is 2. The van der Waals surface area contributed by atoms with Crippen molar-refractivity contribution in [2.24, 2.45) is 0 Å². The first-order valence-corrected chi connectivity index (χ1v) is 9.81. The lowest BCUT2D eigenvalue weighted by atomic mass is 10.1. The van der Waals surface area contributed by atoms with Crippen molar-refractivity contribution in [3.63, 3.8) is 0 Å². The van der Waals surface area contributed by atoms with Gasteiger partial charge in [0.15, 0.2) is 0 Å². The smallest absolute Gasteiger partial charge is 0.239 e. The van der Waals surface area contributed by atoms with Crippen LogP contribution in [-0.4, -0.2) is 34.8 Å². The van der Waals surface area contributed by atoms with E-state index >= 15 is 0 Å². The second-order valence-electron chi connectivity index (χ2n) is 7.17. The van der Waals surface area contributed by atoms with Gasteiger partial charge in [-0.15, -0.1) is 0 Å². The van der Waals surface area contributed by atoms with Gasteiger partial charge in [0.05, 0.1) is 12.1 Å². The summed E-state index contributed by atoms with van der Waals surface area (Å²) in [7, 11) is 0.